The molecular weight excluding hydrogens is 252 g/mol. The Bertz CT molecular complexity index is 445. The van der Waals surface area contributed by atoms with Crippen LogP contribution in [0.2, 0.25) is 0 Å². The molecule has 0 atom stereocenters. The van der Waals surface area contributed by atoms with E-state index in [1.165, 1.54) is 5.56 Å². The number of carbonyl (C=O) groups is 2. The lowest BCUT2D eigenvalue weighted by Gasteiger charge is -2.27. The van der Waals surface area contributed by atoms with E-state index in [0.717, 1.165) is 25.7 Å². The number of Topliss-reactive ketones (excluding diaryl/α,β-unsaturated/α-hetero) is 1. The minimum atomic E-state index is -0.386. The van der Waals surface area contributed by atoms with E-state index in [0.29, 0.717) is 12.5 Å². The Hall–Kier alpha value is -1.64. The number of hydrogen-bond donors (Lipinski definition) is 0. The Labute approximate surface area is 120 Å². The van der Waals surface area contributed by atoms with E-state index in [2.05, 4.69) is 24.3 Å². The predicted octanol–water partition coefficient (Wildman–Crippen LogP) is 3.48. The molecule has 1 aromatic carbocycles. The highest BCUT2D eigenvalue weighted by molar-refractivity contribution is 5.96. The number of ketones is 1. The van der Waals surface area contributed by atoms with Gasteiger partial charge in [0.15, 0.2) is 0 Å². The van der Waals surface area contributed by atoms with Crippen molar-refractivity contribution in [3.8, 4) is 0 Å². The number of benzene rings is 1. The van der Waals surface area contributed by atoms with Gasteiger partial charge in [-0.3, -0.25) is 9.59 Å². The molecule has 0 heterocycles. The fourth-order valence-electron chi connectivity index (χ4n) is 2.97. The molecule has 0 amide bonds. The summed E-state index contributed by atoms with van der Waals surface area (Å²) in [5, 5.41) is 0. The Balaban J connectivity index is 1.82. The van der Waals surface area contributed by atoms with Gasteiger partial charge in [-0.1, -0.05) is 30.3 Å². The minimum absolute atomic E-state index is 0.0411. The van der Waals surface area contributed by atoms with Crippen LogP contribution in [0.25, 0.3) is 0 Å². The largest absolute Gasteiger partial charge is 0.466 e. The smallest absolute Gasteiger partial charge is 0.313 e. The normalized spacial score (nSPS) is 22.2. The average Bonchev–Trinajstić information content (AvgIpc) is 2.48. The van der Waals surface area contributed by atoms with Crippen LogP contribution in [0.5, 0.6) is 0 Å². The van der Waals surface area contributed by atoms with Gasteiger partial charge < -0.3 is 4.74 Å². The predicted molar refractivity (Wildman–Crippen MR) is 77.4 cm³/mol. The number of rotatable bonds is 5. The van der Waals surface area contributed by atoms with E-state index >= 15 is 0 Å². The lowest BCUT2D eigenvalue weighted by atomic mass is 9.77. The van der Waals surface area contributed by atoms with Gasteiger partial charge in [0, 0.05) is 5.92 Å². The van der Waals surface area contributed by atoms with Crippen LogP contribution in [0.4, 0.5) is 0 Å². The zero-order valence-corrected chi connectivity index (χ0v) is 12.0. The monoisotopic (exact) mass is 274 g/mol. The van der Waals surface area contributed by atoms with Crippen molar-refractivity contribution in [2.45, 2.75) is 44.9 Å². The summed E-state index contributed by atoms with van der Waals surface area (Å²) in [4.78, 5) is 23.4. The van der Waals surface area contributed by atoms with E-state index in [-0.39, 0.29) is 24.1 Å². The first kappa shape index (κ1) is 14.8. The quantitative estimate of drug-likeness (QED) is 0.610. The van der Waals surface area contributed by atoms with Crippen molar-refractivity contribution in [2.75, 3.05) is 6.61 Å². The van der Waals surface area contributed by atoms with Crippen LogP contribution in [0.1, 0.15) is 50.5 Å². The molecule has 1 aliphatic rings. The van der Waals surface area contributed by atoms with Crippen LogP contribution in [-0.4, -0.2) is 18.4 Å². The van der Waals surface area contributed by atoms with Crippen molar-refractivity contribution in [1.29, 1.82) is 0 Å². The van der Waals surface area contributed by atoms with Gasteiger partial charge in [0.25, 0.3) is 0 Å². The Morgan fingerprint density at radius 3 is 2.35 bits per heavy atom. The molecule has 0 spiro atoms. The van der Waals surface area contributed by atoms with Crippen molar-refractivity contribution in [3.63, 3.8) is 0 Å². The zero-order chi connectivity index (χ0) is 14.4. The fourth-order valence-corrected chi connectivity index (χ4v) is 2.97. The van der Waals surface area contributed by atoms with Crippen LogP contribution >= 0.6 is 0 Å². The van der Waals surface area contributed by atoms with Crippen molar-refractivity contribution < 1.29 is 14.3 Å². The molecule has 0 N–H and O–H groups in total. The molecule has 1 aliphatic carbocycles. The molecule has 1 aromatic rings. The second kappa shape index (κ2) is 7.22. The van der Waals surface area contributed by atoms with Gasteiger partial charge >= 0.3 is 5.97 Å². The lowest BCUT2D eigenvalue weighted by Crippen LogP contribution is -2.24. The first-order valence-corrected chi connectivity index (χ1v) is 7.44. The third-order valence-corrected chi connectivity index (χ3v) is 4.08. The summed E-state index contributed by atoms with van der Waals surface area (Å²) < 4.78 is 4.83. The Morgan fingerprint density at radius 2 is 1.75 bits per heavy atom. The molecular formula is C17H22O3. The molecule has 0 unspecified atom stereocenters. The topological polar surface area (TPSA) is 43.4 Å². The molecule has 108 valence electrons. The van der Waals surface area contributed by atoms with Gasteiger partial charge in [-0.2, -0.15) is 0 Å². The number of carbonyl (C=O) groups excluding carboxylic acids is 2. The van der Waals surface area contributed by atoms with Gasteiger partial charge in [-0.25, -0.2) is 0 Å². The summed E-state index contributed by atoms with van der Waals surface area (Å²) in [5.74, 6) is 0.264. The highest BCUT2D eigenvalue weighted by Crippen LogP contribution is 2.36. The summed E-state index contributed by atoms with van der Waals surface area (Å²) in [6, 6.07) is 10.5. The molecule has 3 nitrogen and oxygen atoms in total. The minimum Gasteiger partial charge on any atom is -0.466 e. The van der Waals surface area contributed by atoms with Crippen molar-refractivity contribution in [2.24, 2.45) is 5.92 Å². The molecule has 1 fully saturated rings. The molecule has 0 aliphatic heterocycles. The molecule has 2 rings (SSSR count). The highest BCUT2D eigenvalue weighted by atomic mass is 16.5. The standard InChI is InChI=1S/C17H22O3/c1-2-20-17(19)12-16(18)15-10-8-14(9-11-15)13-6-4-3-5-7-13/h3-7,14-15H,2,8-12H2,1H3/t14-,15-. The van der Waals surface area contributed by atoms with E-state index in [1.807, 2.05) is 6.07 Å². The van der Waals surface area contributed by atoms with Gasteiger partial charge in [0.05, 0.1) is 6.61 Å². The van der Waals surface area contributed by atoms with Gasteiger partial charge in [0.2, 0.25) is 0 Å². The van der Waals surface area contributed by atoms with Crippen LogP contribution in [-0.2, 0) is 14.3 Å². The average molecular weight is 274 g/mol. The molecule has 0 saturated heterocycles. The van der Waals surface area contributed by atoms with E-state index in [1.54, 1.807) is 6.92 Å². The third kappa shape index (κ3) is 3.92. The lowest BCUT2D eigenvalue weighted by molar-refractivity contribution is -0.146. The summed E-state index contributed by atoms with van der Waals surface area (Å²) >= 11 is 0. The second-order valence-electron chi connectivity index (χ2n) is 5.41. The van der Waals surface area contributed by atoms with Crippen LogP contribution in [0.15, 0.2) is 30.3 Å². The Morgan fingerprint density at radius 1 is 1.10 bits per heavy atom. The molecule has 0 radical (unpaired) electrons. The third-order valence-electron chi connectivity index (χ3n) is 4.08. The first-order chi connectivity index (χ1) is 9.70. The molecule has 0 bridgehead atoms. The maximum absolute atomic E-state index is 12.0. The van der Waals surface area contributed by atoms with Crippen LogP contribution in [0, 0.1) is 5.92 Å². The maximum atomic E-state index is 12.0. The first-order valence-electron chi connectivity index (χ1n) is 7.44. The summed E-state index contributed by atoms with van der Waals surface area (Å²) in [5.41, 5.74) is 1.36. The SMILES string of the molecule is CCOC(=O)CC(=O)[C@H]1CC[C@H](c2ccccc2)CC1. The Kier molecular flexibility index (Phi) is 5.33. The molecule has 20 heavy (non-hydrogen) atoms. The number of esters is 1. The van der Waals surface area contributed by atoms with Crippen molar-refractivity contribution in [1.82, 2.24) is 0 Å². The van der Waals surface area contributed by atoms with Crippen LogP contribution in [0.3, 0.4) is 0 Å². The van der Waals surface area contributed by atoms with Gasteiger partial charge in [0.1, 0.15) is 12.2 Å². The van der Waals surface area contributed by atoms with E-state index in [4.69, 9.17) is 4.74 Å². The molecule has 3 heteroatoms. The maximum Gasteiger partial charge on any atom is 0.313 e. The van der Waals surface area contributed by atoms with Gasteiger partial charge in [-0.15, -0.1) is 0 Å². The number of ether oxygens (including phenoxy) is 1. The summed E-state index contributed by atoms with van der Waals surface area (Å²) in [7, 11) is 0. The molecule has 1 saturated carbocycles. The highest BCUT2D eigenvalue weighted by Gasteiger charge is 2.28. The van der Waals surface area contributed by atoms with Gasteiger partial charge in [-0.05, 0) is 44.1 Å². The summed E-state index contributed by atoms with van der Waals surface area (Å²) in [6.07, 6.45) is 3.77. The summed E-state index contributed by atoms with van der Waals surface area (Å²) in [6.45, 7) is 2.10. The van der Waals surface area contributed by atoms with Crippen LogP contribution < -0.4 is 0 Å². The van der Waals surface area contributed by atoms with Crippen molar-refractivity contribution in [3.05, 3.63) is 35.9 Å². The number of hydrogen-bond acceptors (Lipinski definition) is 3. The second-order valence-corrected chi connectivity index (χ2v) is 5.41. The molecule has 0 aromatic heterocycles. The van der Waals surface area contributed by atoms with E-state index in [9.17, 15) is 9.59 Å². The van der Waals surface area contributed by atoms with Crippen molar-refractivity contribution >= 4 is 11.8 Å². The fraction of sp³-hybridized carbons (Fsp3) is 0.529. The van der Waals surface area contributed by atoms with E-state index < -0.39 is 0 Å². The zero-order valence-electron chi connectivity index (χ0n) is 12.0.